The van der Waals surface area contributed by atoms with E-state index in [1.54, 1.807) is 6.07 Å². The molecular formula is C11H18N2O3. The van der Waals surface area contributed by atoms with Crippen LogP contribution in [-0.2, 0) is 11.3 Å². The summed E-state index contributed by atoms with van der Waals surface area (Å²) in [5, 5.41) is 0. The predicted octanol–water partition coefficient (Wildman–Crippen LogP) is 0.847. The number of nitrogens with zero attached hydrogens (tertiary/aromatic N) is 1. The van der Waals surface area contributed by atoms with Crippen molar-refractivity contribution in [1.82, 2.24) is 4.90 Å². The van der Waals surface area contributed by atoms with Crippen molar-refractivity contribution in [2.75, 3.05) is 26.7 Å². The first-order valence-corrected chi connectivity index (χ1v) is 5.29. The number of carbonyl (C=O) groups excluding carboxylic acids is 1. The van der Waals surface area contributed by atoms with Gasteiger partial charge in [-0.2, -0.15) is 0 Å². The summed E-state index contributed by atoms with van der Waals surface area (Å²) in [4.78, 5) is 13.3. The van der Waals surface area contributed by atoms with Gasteiger partial charge in [0.25, 0.3) is 0 Å². The second kappa shape index (κ2) is 6.30. The summed E-state index contributed by atoms with van der Waals surface area (Å²) in [5.74, 6) is 0.368. The summed E-state index contributed by atoms with van der Waals surface area (Å²) >= 11 is 0. The van der Waals surface area contributed by atoms with E-state index >= 15 is 0 Å². The molecule has 2 N–H and O–H groups in total. The molecule has 5 heteroatoms. The molecule has 1 aromatic heterocycles. The Hall–Kier alpha value is -1.33. The van der Waals surface area contributed by atoms with Gasteiger partial charge >= 0.3 is 5.97 Å². The first kappa shape index (κ1) is 12.7. The first-order valence-electron chi connectivity index (χ1n) is 5.29. The first-order chi connectivity index (χ1) is 7.71. The number of rotatable bonds is 6. The molecule has 1 aromatic rings. The third-order valence-corrected chi connectivity index (χ3v) is 2.35. The number of methoxy groups -OCH3 is 1. The Kier molecular flexibility index (Phi) is 5.01. The van der Waals surface area contributed by atoms with E-state index in [0.717, 1.165) is 18.8 Å². The lowest BCUT2D eigenvalue weighted by Crippen LogP contribution is -2.28. The number of hydrogen-bond donors (Lipinski definition) is 1. The van der Waals surface area contributed by atoms with Crippen LogP contribution < -0.4 is 5.73 Å². The van der Waals surface area contributed by atoms with Crippen molar-refractivity contribution >= 4 is 5.97 Å². The molecule has 1 rings (SSSR count). The second-order valence-electron chi connectivity index (χ2n) is 3.45. The zero-order valence-electron chi connectivity index (χ0n) is 9.73. The largest absolute Gasteiger partial charge is 0.467 e. The minimum absolute atomic E-state index is 0.378. The average molecular weight is 226 g/mol. The number of esters is 1. The Morgan fingerprint density at radius 1 is 1.62 bits per heavy atom. The van der Waals surface area contributed by atoms with Crippen molar-refractivity contribution in [3.8, 4) is 0 Å². The number of furan rings is 1. The van der Waals surface area contributed by atoms with E-state index in [9.17, 15) is 4.79 Å². The summed E-state index contributed by atoms with van der Waals surface area (Å²) in [6.45, 7) is 5.03. The zero-order valence-corrected chi connectivity index (χ0v) is 9.73. The van der Waals surface area contributed by atoms with Crippen molar-refractivity contribution < 1.29 is 13.9 Å². The lowest BCUT2D eigenvalue weighted by Gasteiger charge is -2.17. The van der Waals surface area contributed by atoms with Crippen LogP contribution in [0.5, 0.6) is 0 Å². The Labute approximate surface area is 95.2 Å². The molecule has 1 heterocycles. The second-order valence-corrected chi connectivity index (χ2v) is 3.45. The lowest BCUT2D eigenvalue weighted by atomic mass is 10.3. The van der Waals surface area contributed by atoms with Crippen LogP contribution in [0, 0.1) is 0 Å². The number of ether oxygens (including phenoxy) is 1. The fourth-order valence-electron chi connectivity index (χ4n) is 1.44. The van der Waals surface area contributed by atoms with Crippen LogP contribution in [0.15, 0.2) is 16.7 Å². The maximum Gasteiger partial charge on any atom is 0.341 e. The van der Waals surface area contributed by atoms with Gasteiger partial charge < -0.3 is 14.9 Å². The topological polar surface area (TPSA) is 68.7 Å². The van der Waals surface area contributed by atoms with Gasteiger partial charge in [0.15, 0.2) is 0 Å². The summed E-state index contributed by atoms with van der Waals surface area (Å²) in [6.07, 6.45) is 1.41. The lowest BCUT2D eigenvalue weighted by molar-refractivity contribution is 0.0600. The normalized spacial score (nSPS) is 10.8. The molecule has 0 radical (unpaired) electrons. The summed E-state index contributed by atoms with van der Waals surface area (Å²) in [6, 6.07) is 1.70. The van der Waals surface area contributed by atoms with Crippen molar-refractivity contribution in [2.45, 2.75) is 13.5 Å². The molecule has 0 atom stereocenters. The maximum absolute atomic E-state index is 11.2. The smallest absolute Gasteiger partial charge is 0.341 e. The van der Waals surface area contributed by atoms with Crippen molar-refractivity contribution in [2.24, 2.45) is 5.73 Å². The molecule has 0 saturated heterocycles. The molecule has 0 amide bonds. The van der Waals surface area contributed by atoms with Crippen LogP contribution in [0.4, 0.5) is 0 Å². The molecule has 0 unspecified atom stereocenters. The molecule has 0 spiro atoms. The van der Waals surface area contributed by atoms with E-state index in [-0.39, 0.29) is 5.97 Å². The Bertz CT molecular complexity index is 336. The fourth-order valence-corrected chi connectivity index (χ4v) is 1.44. The summed E-state index contributed by atoms with van der Waals surface area (Å²) in [7, 11) is 1.35. The van der Waals surface area contributed by atoms with E-state index in [4.69, 9.17) is 10.2 Å². The predicted molar refractivity (Wildman–Crippen MR) is 60.1 cm³/mol. The number of hydrogen-bond acceptors (Lipinski definition) is 5. The highest BCUT2D eigenvalue weighted by molar-refractivity contribution is 5.88. The van der Waals surface area contributed by atoms with Gasteiger partial charge in [-0.3, -0.25) is 4.90 Å². The minimum atomic E-state index is -0.378. The molecule has 0 saturated carbocycles. The van der Waals surface area contributed by atoms with E-state index in [1.165, 1.54) is 13.4 Å². The van der Waals surface area contributed by atoms with Crippen LogP contribution in [0.2, 0.25) is 0 Å². The molecule has 5 nitrogen and oxygen atoms in total. The Morgan fingerprint density at radius 3 is 2.94 bits per heavy atom. The molecular weight excluding hydrogens is 208 g/mol. The van der Waals surface area contributed by atoms with Crippen LogP contribution in [0.1, 0.15) is 23.0 Å². The van der Waals surface area contributed by atoms with E-state index < -0.39 is 0 Å². The number of carbonyl (C=O) groups is 1. The molecule has 0 aliphatic heterocycles. The number of likely N-dealkylation sites (N-methyl/N-ethyl adjacent to an activating group) is 1. The zero-order chi connectivity index (χ0) is 12.0. The number of nitrogens with two attached hydrogens (primary N) is 1. The maximum atomic E-state index is 11.2. The van der Waals surface area contributed by atoms with Gasteiger partial charge in [-0.25, -0.2) is 4.79 Å². The van der Waals surface area contributed by atoms with Crippen molar-refractivity contribution in [1.29, 1.82) is 0 Å². The summed E-state index contributed by atoms with van der Waals surface area (Å²) < 4.78 is 9.88. The highest BCUT2D eigenvalue weighted by Crippen LogP contribution is 2.11. The third kappa shape index (κ3) is 3.36. The van der Waals surface area contributed by atoms with Crippen LogP contribution >= 0.6 is 0 Å². The average Bonchev–Trinajstić information content (AvgIpc) is 2.76. The fraction of sp³-hybridized carbons (Fsp3) is 0.545. The van der Waals surface area contributed by atoms with E-state index in [1.807, 2.05) is 0 Å². The molecule has 0 bridgehead atoms. The Morgan fingerprint density at radius 2 is 2.38 bits per heavy atom. The summed E-state index contributed by atoms with van der Waals surface area (Å²) in [5.41, 5.74) is 5.93. The quantitative estimate of drug-likeness (QED) is 0.728. The molecule has 16 heavy (non-hydrogen) atoms. The highest BCUT2D eigenvalue weighted by Gasteiger charge is 2.11. The van der Waals surface area contributed by atoms with Gasteiger partial charge in [0.05, 0.1) is 19.2 Å². The van der Waals surface area contributed by atoms with Crippen molar-refractivity contribution in [3.05, 3.63) is 23.7 Å². The van der Waals surface area contributed by atoms with Crippen LogP contribution in [-0.4, -0.2) is 37.6 Å². The van der Waals surface area contributed by atoms with Gasteiger partial charge in [-0.1, -0.05) is 6.92 Å². The van der Waals surface area contributed by atoms with Crippen LogP contribution in [0.25, 0.3) is 0 Å². The minimum Gasteiger partial charge on any atom is -0.467 e. The Balaban J connectivity index is 2.60. The molecule has 0 aromatic carbocycles. The van der Waals surface area contributed by atoms with Gasteiger partial charge in [0.1, 0.15) is 12.0 Å². The molecule has 0 aliphatic rings. The van der Waals surface area contributed by atoms with Crippen LogP contribution in [0.3, 0.4) is 0 Å². The van der Waals surface area contributed by atoms with Gasteiger partial charge in [0.2, 0.25) is 0 Å². The highest BCUT2D eigenvalue weighted by atomic mass is 16.5. The molecule has 0 aliphatic carbocycles. The standard InChI is InChI=1S/C11H18N2O3/c1-3-13(5-4-12)7-10-6-9(8-16-10)11(14)15-2/h6,8H,3-5,7,12H2,1-2H3. The third-order valence-electron chi connectivity index (χ3n) is 2.35. The van der Waals surface area contributed by atoms with Gasteiger partial charge in [-0.05, 0) is 12.6 Å². The van der Waals surface area contributed by atoms with E-state index in [2.05, 4.69) is 16.6 Å². The molecule has 0 fully saturated rings. The molecule has 90 valence electrons. The van der Waals surface area contributed by atoms with Crippen molar-refractivity contribution in [3.63, 3.8) is 0 Å². The SMILES string of the molecule is CCN(CCN)Cc1cc(C(=O)OC)co1. The van der Waals surface area contributed by atoms with Gasteiger partial charge in [-0.15, -0.1) is 0 Å². The van der Waals surface area contributed by atoms with E-state index in [0.29, 0.717) is 18.7 Å². The monoisotopic (exact) mass is 226 g/mol. The van der Waals surface area contributed by atoms with Gasteiger partial charge in [0, 0.05) is 13.1 Å².